The predicted molar refractivity (Wildman–Crippen MR) is 85.2 cm³/mol. The molecule has 0 bridgehead atoms. The number of rotatable bonds is 3. The van der Waals surface area contributed by atoms with Crippen LogP contribution in [0.5, 0.6) is 0 Å². The van der Waals surface area contributed by atoms with E-state index >= 15 is 0 Å². The molecule has 0 saturated heterocycles. The molecule has 2 rings (SSSR count). The third-order valence-electron chi connectivity index (χ3n) is 2.49. The first-order valence-electron chi connectivity index (χ1n) is 5.48. The van der Waals surface area contributed by atoms with Gasteiger partial charge in [0.25, 0.3) is 11.6 Å². The summed E-state index contributed by atoms with van der Waals surface area (Å²) < 4.78 is 0.871. The Morgan fingerprint density at radius 1 is 1.25 bits per heavy atom. The first-order valence-corrected chi connectivity index (χ1v) is 6.94. The van der Waals surface area contributed by atoms with Gasteiger partial charge in [0.1, 0.15) is 0 Å². The summed E-state index contributed by atoms with van der Waals surface area (Å²) in [5, 5.41) is 13.6. The molecule has 1 N–H and O–H groups in total. The molecule has 1 amide bonds. The molecule has 0 unspecified atom stereocenters. The molecule has 2 aromatic rings. The molecule has 20 heavy (non-hydrogen) atoms. The van der Waals surface area contributed by atoms with Gasteiger partial charge in [0.15, 0.2) is 0 Å². The van der Waals surface area contributed by atoms with Crippen LogP contribution in [0.1, 0.15) is 10.4 Å². The van der Waals surface area contributed by atoms with E-state index in [9.17, 15) is 14.9 Å². The highest BCUT2D eigenvalue weighted by Crippen LogP contribution is 2.22. The molecule has 102 valence electrons. The lowest BCUT2D eigenvalue weighted by Gasteiger charge is -2.07. The Hall–Kier alpha value is -1.67. The highest BCUT2D eigenvalue weighted by Gasteiger charge is 2.13. The molecule has 0 aliphatic carbocycles. The van der Waals surface area contributed by atoms with Crippen LogP contribution in [-0.4, -0.2) is 10.8 Å². The number of hydrogen-bond acceptors (Lipinski definition) is 3. The summed E-state index contributed by atoms with van der Waals surface area (Å²) in [6.45, 7) is 0. The van der Waals surface area contributed by atoms with Crippen LogP contribution in [0.3, 0.4) is 0 Å². The molecule has 0 atom stereocenters. The number of carbonyl (C=O) groups is 1. The summed E-state index contributed by atoms with van der Waals surface area (Å²) in [4.78, 5) is 22.3. The van der Waals surface area contributed by atoms with E-state index in [1.165, 1.54) is 18.2 Å². The van der Waals surface area contributed by atoms with Crippen LogP contribution >= 0.6 is 34.2 Å². The number of benzene rings is 2. The monoisotopic (exact) mass is 402 g/mol. The van der Waals surface area contributed by atoms with Gasteiger partial charge >= 0.3 is 0 Å². The highest BCUT2D eigenvalue weighted by atomic mass is 127. The number of nitrogens with zero attached hydrogens (tertiary/aromatic N) is 1. The maximum absolute atomic E-state index is 12.1. The minimum Gasteiger partial charge on any atom is -0.322 e. The Morgan fingerprint density at radius 2 is 2.00 bits per heavy atom. The molecule has 0 radical (unpaired) electrons. The highest BCUT2D eigenvalue weighted by molar-refractivity contribution is 14.1. The molecule has 7 heteroatoms. The number of carbonyl (C=O) groups excluding carboxylic acids is 1. The Balaban J connectivity index is 2.25. The molecule has 0 aliphatic rings. The van der Waals surface area contributed by atoms with Crippen molar-refractivity contribution < 1.29 is 9.72 Å². The van der Waals surface area contributed by atoms with E-state index in [-0.39, 0.29) is 5.69 Å². The van der Waals surface area contributed by atoms with Crippen molar-refractivity contribution in [2.45, 2.75) is 0 Å². The Labute approximate surface area is 133 Å². The molecule has 2 aromatic carbocycles. The Kier molecular flexibility index (Phi) is 4.56. The van der Waals surface area contributed by atoms with Crippen molar-refractivity contribution in [1.29, 1.82) is 0 Å². The molecule has 0 spiro atoms. The van der Waals surface area contributed by atoms with Crippen molar-refractivity contribution in [2.24, 2.45) is 0 Å². The molecular weight excluding hydrogens is 395 g/mol. The van der Waals surface area contributed by atoms with Gasteiger partial charge < -0.3 is 5.32 Å². The Bertz CT molecular complexity index is 691. The smallest absolute Gasteiger partial charge is 0.271 e. The van der Waals surface area contributed by atoms with E-state index in [0.717, 1.165) is 3.57 Å². The fourth-order valence-electron chi connectivity index (χ4n) is 1.57. The van der Waals surface area contributed by atoms with E-state index in [1.54, 1.807) is 24.3 Å². The molecule has 0 aliphatic heterocycles. The van der Waals surface area contributed by atoms with E-state index < -0.39 is 10.8 Å². The number of anilines is 1. The van der Waals surface area contributed by atoms with E-state index in [4.69, 9.17) is 11.6 Å². The van der Waals surface area contributed by atoms with Crippen molar-refractivity contribution in [3.05, 3.63) is 66.7 Å². The fourth-order valence-corrected chi connectivity index (χ4v) is 2.26. The molecular formula is C13H8ClIN2O3. The minimum absolute atomic E-state index is 0.0865. The van der Waals surface area contributed by atoms with Crippen LogP contribution in [0.4, 0.5) is 11.4 Å². The molecule has 0 saturated carbocycles. The lowest BCUT2D eigenvalue weighted by Crippen LogP contribution is -2.12. The van der Waals surface area contributed by atoms with Gasteiger partial charge in [-0.05, 0) is 46.9 Å². The number of nitro benzene ring substituents is 1. The zero-order valence-electron chi connectivity index (χ0n) is 9.97. The second-order valence-electron chi connectivity index (χ2n) is 3.89. The number of halogens is 2. The van der Waals surface area contributed by atoms with E-state index in [0.29, 0.717) is 16.3 Å². The summed E-state index contributed by atoms with van der Waals surface area (Å²) in [5.74, 6) is -0.408. The summed E-state index contributed by atoms with van der Waals surface area (Å²) in [6, 6.07) is 10.8. The first-order chi connectivity index (χ1) is 9.47. The topological polar surface area (TPSA) is 72.2 Å². The Morgan fingerprint density at radius 3 is 2.70 bits per heavy atom. The lowest BCUT2D eigenvalue weighted by molar-refractivity contribution is -0.384. The number of amides is 1. The van der Waals surface area contributed by atoms with Crippen molar-refractivity contribution in [3.8, 4) is 0 Å². The predicted octanol–water partition coefficient (Wildman–Crippen LogP) is 4.11. The summed E-state index contributed by atoms with van der Waals surface area (Å²) in [6.07, 6.45) is 0. The fraction of sp³-hybridized carbons (Fsp3) is 0. The van der Waals surface area contributed by atoms with E-state index in [2.05, 4.69) is 27.9 Å². The third kappa shape index (κ3) is 3.45. The minimum atomic E-state index is -0.520. The van der Waals surface area contributed by atoms with Gasteiger partial charge in [-0.15, -0.1) is 0 Å². The van der Waals surface area contributed by atoms with E-state index in [1.807, 2.05) is 0 Å². The molecule has 0 heterocycles. The zero-order valence-corrected chi connectivity index (χ0v) is 12.9. The van der Waals surface area contributed by atoms with Crippen LogP contribution in [0.2, 0.25) is 5.02 Å². The van der Waals surface area contributed by atoms with Crippen LogP contribution < -0.4 is 5.32 Å². The second kappa shape index (κ2) is 6.19. The van der Waals surface area contributed by atoms with Gasteiger partial charge in [0, 0.05) is 21.4 Å². The van der Waals surface area contributed by atoms with Gasteiger partial charge in [0.2, 0.25) is 0 Å². The number of nitrogens with one attached hydrogen (secondary N) is 1. The normalized spacial score (nSPS) is 10.1. The maximum atomic E-state index is 12.1. The van der Waals surface area contributed by atoms with Gasteiger partial charge in [-0.2, -0.15) is 0 Å². The third-order valence-corrected chi connectivity index (χ3v) is 3.49. The standard InChI is InChI=1S/C13H8ClIN2O3/c14-12-5-4-8(15)6-11(12)13(18)16-9-2-1-3-10(7-9)17(19)20/h1-7H,(H,16,18). The summed E-state index contributed by atoms with van der Waals surface area (Å²) >= 11 is 8.04. The second-order valence-corrected chi connectivity index (χ2v) is 5.54. The SMILES string of the molecule is O=C(Nc1cccc([N+](=O)[O-])c1)c1cc(I)ccc1Cl. The van der Waals surface area contributed by atoms with Crippen molar-refractivity contribution in [2.75, 3.05) is 5.32 Å². The summed E-state index contributed by atoms with van der Waals surface area (Å²) in [5.41, 5.74) is 0.584. The van der Waals surface area contributed by atoms with Gasteiger partial charge in [-0.3, -0.25) is 14.9 Å². The largest absolute Gasteiger partial charge is 0.322 e. The zero-order chi connectivity index (χ0) is 14.7. The van der Waals surface area contributed by atoms with Crippen molar-refractivity contribution in [3.63, 3.8) is 0 Å². The molecule has 0 aromatic heterocycles. The van der Waals surface area contributed by atoms with Gasteiger partial charge in [-0.25, -0.2) is 0 Å². The van der Waals surface area contributed by atoms with Crippen LogP contribution in [0.15, 0.2) is 42.5 Å². The lowest BCUT2D eigenvalue weighted by atomic mass is 10.2. The molecule has 0 fully saturated rings. The van der Waals surface area contributed by atoms with Crippen LogP contribution in [0.25, 0.3) is 0 Å². The number of non-ortho nitro benzene ring substituents is 1. The maximum Gasteiger partial charge on any atom is 0.271 e. The van der Waals surface area contributed by atoms with Crippen molar-refractivity contribution in [1.82, 2.24) is 0 Å². The molecule has 5 nitrogen and oxygen atoms in total. The number of hydrogen-bond donors (Lipinski definition) is 1. The van der Waals surface area contributed by atoms with Crippen LogP contribution in [0, 0.1) is 13.7 Å². The van der Waals surface area contributed by atoms with Crippen LogP contribution in [-0.2, 0) is 0 Å². The van der Waals surface area contributed by atoms with Gasteiger partial charge in [-0.1, -0.05) is 17.7 Å². The first kappa shape index (κ1) is 14.7. The van der Waals surface area contributed by atoms with Gasteiger partial charge in [0.05, 0.1) is 15.5 Å². The number of nitro groups is 1. The quantitative estimate of drug-likeness (QED) is 0.477. The van der Waals surface area contributed by atoms with Crippen molar-refractivity contribution >= 4 is 51.5 Å². The average molecular weight is 403 g/mol. The summed E-state index contributed by atoms with van der Waals surface area (Å²) in [7, 11) is 0. The average Bonchev–Trinajstić information content (AvgIpc) is 2.41.